The Balaban J connectivity index is 1.84. The first-order chi connectivity index (χ1) is 15.1. The summed E-state index contributed by atoms with van der Waals surface area (Å²) in [7, 11) is -3.36. The standard InChI is InChI=1S/C22H24IN5O2S2/c1-12-11-15(8-9-16(12)27-32(4,29)30)28-21(18-13(2)25-14(3)19(18)23)20(26-22(28)31)17-7-5-6-10-24-17/h5-11,20-21,25,27H,1-4H3,(H,26,31)/t20-,21+/m0/s1. The van der Waals surface area contributed by atoms with Crippen molar-refractivity contribution in [3.05, 3.63) is 74.4 Å². The summed E-state index contributed by atoms with van der Waals surface area (Å²) in [6.07, 6.45) is 2.93. The lowest BCUT2D eigenvalue weighted by Crippen LogP contribution is -2.30. The van der Waals surface area contributed by atoms with Gasteiger partial charge in [-0.1, -0.05) is 6.07 Å². The molecule has 0 aliphatic carbocycles. The molecule has 4 rings (SSSR count). The molecule has 2 atom stereocenters. The van der Waals surface area contributed by atoms with Crippen LogP contribution in [0.1, 0.15) is 40.3 Å². The summed E-state index contributed by atoms with van der Waals surface area (Å²) in [5.41, 5.74) is 6.52. The number of benzene rings is 1. The molecule has 10 heteroatoms. The molecule has 168 valence electrons. The third-order valence-corrected chi connectivity index (χ3v) is 7.82. The molecule has 1 saturated heterocycles. The van der Waals surface area contributed by atoms with Gasteiger partial charge in [0.15, 0.2) is 5.11 Å². The highest BCUT2D eigenvalue weighted by molar-refractivity contribution is 14.1. The zero-order valence-electron chi connectivity index (χ0n) is 18.1. The van der Waals surface area contributed by atoms with Crippen LogP contribution in [0.3, 0.4) is 0 Å². The van der Waals surface area contributed by atoms with Gasteiger partial charge in [0.1, 0.15) is 0 Å². The average Bonchev–Trinajstić information content (AvgIpc) is 3.18. The predicted octanol–water partition coefficient (Wildman–Crippen LogP) is 4.49. The highest BCUT2D eigenvalue weighted by atomic mass is 127. The van der Waals surface area contributed by atoms with Gasteiger partial charge in [-0.05, 0) is 91.5 Å². The van der Waals surface area contributed by atoms with Crippen LogP contribution in [0.5, 0.6) is 0 Å². The first-order valence-electron chi connectivity index (χ1n) is 10.0. The Labute approximate surface area is 207 Å². The summed E-state index contributed by atoms with van der Waals surface area (Å²) in [4.78, 5) is 10.2. The van der Waals surface area contributed by atoms with Crippen LogP contribution in [0.4, 0.5) is 11.4 Å². The number of aryl methyl sites for hydroxylation is 3. The summed E-state index contributed by atoms with van der Waals surface area (Å²) in [5, 5.41) is 4.07. The van der Waals surface area contributed by atoms with Crippen LogP contribution in [-0.4, -0.2) is 29.8 Å². The summed E-state index contributed by atoms with van der Waals surface area (Å²) < 4.78 is 27.1. The van der Waals surface area contributed by atoms with Crippen molar-refractivity contribution in [2.45, 2.75) is 32.9 Å². The zero-order valence-corrected chi connectivity index (χ0v) is 21.9. The molecule has 0 bridgehead atoms. The van der Waals surface area contributed by atoms with E-state index in [0.29, 0.717) is 10.8 Å². The van der Waals surface area contributed by atoms with Gasteiger partial charge in [-0.3, -0.25) is 9.71 Å². The molecule has 3 aromatic rings. The van der Waals surface area contributed by atoms with Crippen LogP contribution < -0.4 is 14.9 Å². The number of hydrogen-bond acceptors (Lipinski definition) is 4. The van der Waals surface area contributed by atoms with E-state index in [2.05, 4.69) is 61.3 Å². The molecule has 3 heterocycles. The number of halogens is 1. The van der Waals surface area contributed by atoms with Gasteiger partial charge in [-0.25, -0.2) is 8.42 Å². The first kappa shape index (κ1) is 23.0. The number of rotatable bonds is 5. The number of thiocarbonyl (C=S) groups is 1. The van der Waals surface area contributed by atoms with Crippen molar-refractivity contribution in [3.8, 4) is 0 Å². The second-order valence-corrected chi connectivity index (χ2v) is 11.2. The molecule has 1 aliphatic heterocycles. The number of hydrogen-bond donors (Lipinski definition) is 3. The van der Waals surface area contributed by atoms with Crippen LogP contribution in [0.2, 0.25) is 0 Å². The fraction of sp³-hybridized carbons (Fsp3) is 0.273. The number of aromatic nitrogens is 2. The third-order valence-electron chi connectivity index (χ3n) is 5.52. The maximum Gasteiger partial charge on any atom is 0.229 e. The molecule has 2 aromatic heterocycles. The number of nitrogens with one attached hydrogen (secondary N) is 3. The van der Waals surface area contributed by atoms with E-state index in [0.717, 1.165) is 38.2 Å². The lowest BCUT2D eigenvalue weighted by Gasteiger charge is -2.29. The van der Waals surface area contributed by atoms with Crippen molar-refractivity contribution in [1.29, 1.82) is 0 Å². The quantitative estimate of drug-likeness (QED) is 0.304. The predicted molar refractivity (Wildman–Crippen MR) is 141 cm³/mol. The molecule has 0 spiro atoms. The highest BCUT2D eigenvalue weighted by Gasteiger charge is 2.43. The summed E-state index contributed by atoms with van der Waals surface area (Å²) in [5.74, 6) is 0. The number of anilines is 2. The molecule has 0 unspecified atom stereocenters. The Bertz CT molecular complexity index is 1290. The number of nitrogens with zero attached hydrogens (tertiary/aromatic N) is 2. The van der Waals surface area contributed by atoms with Crippen LogP contribution in [0, 0.1) is 24.3 Å². The molecule has 7 nitrogen and oxygen atoms in total. The highest BCUT2D eigenvalue weighted by Crippen LogP contribution is 2.45. The Morgan fingerprint density at radius 2 is 1.91 bits per heavy atom. The minimum atomic E-state index is -3.36. The number of sulfonamides is 1. The molecule has 1 aromatic carbocycles. The van der Waals surface area contributed by atoms with E-state index in [1.54, 1.807) is 12.3 Å². The second kappa shape index (κ2) is 8.64. The van der Waals surface area contributed by atoms with E-state index in [1.165, 1.54) is 5.56 Å². The van der Waals surface area contributed by atoms with Crippen molar-refractivity contribution in [3.63, 3.8) is 0 Å². The molecular weight excluding hydrogens is 557 g/mol. The van der Waals surface area contributed by atoms with E-state index < -0.39 is 10.0 Å². The van der Waals surface area contributed by atoms with E-state index >= 15 is 0 Å². The molecule has 1 fully saturated rings. The van der Waals surface area contributed by atoms with Crippen molar-refractivity contribution >= 4 is 61.3 Å². The maximum atomic E-state index is 11.7. The Morgan fingerprint density at radius 1 is 1.16 bits per heavy atom. The van der Waals surface area contributed by atoms with Crippen LogP contribution >= 0.6 is 34.8 Å². The van der Waals surface area contributed by atoms with E-state index in [4.69, 9.17) is 12.2 Å². The Hall–Kier alpha value is -2.18. The van der Waals surface area contributed by atoms with Crippen molar-refractivity contribution in [2.75, 3.05) is 15.9 Å². The van der Waals surface area contributed by atoms with Crippen molar-refractivity contribution in [1.82, 2.24) is 15.3 Å². The molecule has 32 heavy (non-hydrogen) atoms. The van der Waals surface area contributed by atoms with Gasteiger partial charge < -0.3 is 15.2 Å². The minimum Gasteiger partial charge on any atom is -0.362 e. The summed E-state index contributed by atoms with van der Waals surface area (Å²) in [6, 6.07) is 11.2. The summed E-state index contributed by atoms with van der Waals surface area (Å²) >= 11 is 8.18. The van der Waals surface area contributed by atoms with Gasteiger partial charge in [-0.15, -0.1) is 0 Å². The van der Waals surface area contributed by atoms with Crippen LogP contribution in [-0.2, 0) is 10.0 Å². The maximum absolute atomic E-state index is 11.7. The summed E-state index contributed by atoms with van der Waals surface area (Å²) in [6.45, 7) is 6.02. The topological polar surface area (TPSA) is 90.1 Å². The van der Waals surface area contributed by atoms with E-state index in [9.17, 15) is 8.42 Å². The number of pyridine rings is 1. The van der Waals surface area contributed by atoms with Crippen LogP contribution in [0.25, 0.3) is 0 Å². The minimum absolute atomic E-state index is 0.123. The van der Waals surface area contributed by atoms with E-state index in [-0.39, 0.29) is 12.1 Å². The zero-order chi connectivity index (χ0) is 23.2. The van der Waals surface area contributed by atoms with Crippen molar-refractivity contribution in [2.24, 2.45) is 0 Å². The van der Waals surface area contributed by atoms with Crippen molar-refractivity contribution < 1.29 is 8.42 Å². The number of aromatic amines is 1. The molecule has 0 radical (unpaired) electrons. The lowest BCUT2D eigenvalue weighted by molar-refractivity contribution is 0.564. The molecule has 3 N–H and O–H groups in total. The molecular formula is C22H24IN5O2S2. The first-order valence-corrected chi connectivity index (χ1v) is 13.4. The Kier molecular flexibility index (Phi) is 6.21. The van der Waals surface area contributed by atoms with Gasteiger partial charge in [0.05, 0.1) is 29.7 Å². The van der Waals surface area contributed by atoms with E-state index in [1.807, 2.05) is 37.3 Å². The van der Waals surface area contributed by atoms with Gasteiger partial charge in [0, 0.05) is 32.4 Å². The smallest absolute Gasteiger partial charge is 0.229 e. The average molecular weight is 582 g/mol. The molecule has 1 aliphatic rings. The Morgan fingerprint density at radius 3 is 2.47 bits per heavy atom. The van der Waals surface area contributed by atoms with Gasteiger partial charge >= 0.3 is 0 Å². The van der Waals surface area contributed by atoms with Gasteiger partial charge in [0.2, 0.25) is 10.0 Å². The monoisotopic (exact) mass is 581 g/mol. The third kappa shape index (κ3) is 4.35. The number of H-pyrrole nitrogens is 1. The molecule has 0 amide bonds. The SMILES string of the molecule is Cc1cc(N2C(=S)N[C@@H](c3ccccn3)[C@H]2c2c(C)[nH]c(C)c2I)ccc1NS(C)(=O)=O. The van der Waals surface area contributed by atoms with Gasteiger partial charge in [-0.2, -0.15) is 0 Å². The fourth-order valence-electron chi connectivity index (χ4n) is 4.16. The van der Waals surface area contributed by atoms with Gasteiger partial charge in [0.25, 0.3) is 0 Å². The largest absolute Gasteiger partial charge is 0.362 e. The normalized spacial score (nSPS) is 18.7. The fourth-order valence-corrected chi connectivity index (χ4v) is 5.99. The lowest BCUT2D eigenvalue weighted by atomic mass is 9.96. The molecule has 0 saturated carbocycles. The van der Waals surface area contributed by atoms with Crippen LogP contribution in [0.15, 0.2) is 42.6 Å². The second-order valence-electron chi connectivity index (χ2n) is 7.97.